The molecule has 0 aromatic carbocycles. The summed E-state index contributed by atoms with van der Waals surface area (Å²) in [6.07, 6.45) is 2.66. The molecule has 1 aliphatic rings. The molecule has 0 radical (unpaired) electrons. The van der Waals surface area contributed by atoms with Crippen LogP contribution in [0.5, 0.6) is 5.88 Å². The molecular formula is C20H23N5O4S. The number of aromatic nitrogens is 3. The Morgan fingerprint density at radius 3 is 3.00 bits per heavy atom. The zero-order chi connectivity index (χ0) is 21.1. The third-order valence-corrected chi connectivity index (χ3v) is 5.68. The van der Waals surface area contributed by atoms with Crippen molar-refractivity contribution in [3.8, 4) is 17.0 Å². The lowest BCUT2D eigenvalue weighted by atomic mass is 10.1. The van der Waals surface area contributed by atoms with Gasteiger partial charge in [-0.2, -0.15) is 0 Å². The molecule has 0 spiro atoms. The van der Waals surface area contributed by atoms with Crippen molar-refractivity contribution >= 4 is 32.8 Å². The topological polar surface area (TPSA) is 107 Å². The van der Waals surface area contributed by atoms with Crippen molar-refractivity contribution in [3.63, 3.8) is 0 Å². The van der Waals surface area contributed by atoms with E-state index in [2.05, 4.69) is 20.6 Å². The van der Waals surface area contributed by atoms with Gasteiger partial charge in [0.15, 0.2) is 5.13 Å². The third kappa shape index (κ3) is 4.44. The summed E-state index contributed by atoms with van der Waals surface area (Å²) in [4.78, 5) is 33.7. The smallest absolute Gasteiger partial charge is 0.321 e. The number of hydrogen-bond donors (Lipinski definition) is 2. The maximum Gasteiger partial charge on any atom is 0.321 e. The molecule has 3 aromatic heterocycles. The van der Waals surface area contributed by atoms with Gasteiger partial charge in [0.05, 0.1) is 13.2 Å². The maximum atomic E-state index is 12.2. The van der Waals surface area contributed by atoms with E-state index in [0.717, 1.165) is 13.0 Å². The molecule has 30 heavy (non-hydrogen) atoms. The van der Waals surface area contributed by atoms with Crippen LogP contribution in [-0.4, -0.2) is 46.9 Å². The van der Waals surface area contributed by atoms with Crippen molar-refractivity contribution < 1.29 is 14.3 Å². The van der Waals surface area contributed by atoms with Gasteiger partial charge in [0.25, 0.3) is 5.56 Å². The van der Waals surface area contributed by atoms with Crippen molar-refractivity contribution in [3.05, 3.63) is 34.7 Å². The fourth-order valence-corrected chi connectivity index (χ4v) is 3.96. The monoisotopic (exact) mass is 429 g/mol. The molecule has 158 valence electrons. The standard InChI is InChI=1S/C20H23N5O4S/c1-3-21-19(27)24-20-22-15-9-14(13-4-6-25(2)16(26)8-13)17(23-18(15)30-20)29-11-12-5-7-28-10-12/h4,6,8-9,12H,3,5,7,10-11H2,1-2H3,(H2,21,22,24,27). The van der Waals surface area contributed by atoms with Crippen LogP contribution in [0.4, 0.5) is 9.93 Å². The van der Waals surface area contributed by atoms with Crippen LogP contribution in [-0.2, 0) is 11.8 Å². The van der Waals surface area contributed by atoms with Crippen molar-refractivity contribution in [2.75, 3.05) is 31.7 Å². The minimum atomic E-state index is -0.318. The van der Waals surface area contributed by atoms with Crippen molar-refractivity contribution in [2.24, 2.45) is 13.0 Å². The van der Waals surface area contributed by atoms with Crippen LogP contribution in [0.3, 0.4) is 0 Å². The number of carbonyl (C=O) groups excluding carboxylic acids is 1. The molecule has 1 aliphatic heterocycles. The predicted molar refractivity (Wildman–Crippen MR) is 115 cm³/mol. The van der Waals surface area contributed by atoms with E-state index in [1.807, 2.05) is 19.1 Å². The van der Waals surface area contributed by atoms with Gasteiger partial charge < -0.3 is 19.4 Å². The first-order chi connectivity index (χ1) is 14.5. The summed E-state index contributed by atoms with van der Waals surface area (Å²) in [5, 5.41) is 5.83. The Labute approximate surface area is 177 Å². The lowest BCUT2D eigenvalue weighted by Gasteiger charge is -2.13. The molecule has 3 aromatic rings. The zero-order valence-corrected chi connectivity index (χ0v) is 17.6. The van der Waals surface area contributed by atoms with Gasteiger partial charge in [-0.05, 0) is 31.0 Å². The quantitative estimate of drug-likeness (QED) is 0.624. The van der Waals surface area contributed by atoms with Crippen LogP contribution in [0.1, 0.15) is 13.3 Å². The molecule has 4 rings (SSSR count). The first-order valence-corrected chi connectivity index (χ1v) is 10.6. The van der Waals surface area contributed by atoms with E-state index in [0.29, 0.717) is 58.2 Å². The first kappa shape index (κ1) is 20.3. The fraction of sp³-hybridized carbons (Fsp3) is 0.400. The number of aryl methyl sites for hydroxylation is 1. The van der Waals surface area contributed by atoms with E-state index in [4.69, 9.17) is 9.47 Å². The van der Waals surface area contributed by atoms with Gasteiger partial charge in [0, 0.05) is 43.9 Å². The average molecular weight is 430 g/mol. The second-order valence-electron chi connectivity index (χ2n) is 7.07. The van der Waals surface area contributed by atoms with Crippen LogP contribution in [0.2, 0.25) is 0 Å². The number of pyridine rings is 2. The lowest BCUT2D eigenvalue weighted by molar-refractivity contribution is 0.166. The second kappa shape index (κ2) is 8.80. The molecule has 1 unspecified atom stereocenters. The Morgan fingerprint density at radius 1 is 1.40 bits per heavy atom. The highest BCUT2D eigenvalue weighted by molar-refractivity contribution is 7.22. The summed E-state index contributed by atoms with van der Waals surface area (Å²) in [5.74, 6) is 0.756. The minimum absolute atomic E-state index is 0.125. The Kier molecular flexibility index (Phi) is 5.96. The molecule has 1 fully saturated rings. The van der Waals surface area contributed by atoms with Gasteiger partial charge in [-0.1, -0.05) is 11.3 Å². The van der Waals surface area contributed by atoms with E-state index in [1.165, 1.54) is 15.9 Å². The van der Waals surface area contributed by atoms with E-state index >= 15 is 0 Å². The van der Waals surface area contributed by atoms with Crippen molar-refractivity contribution in [2.45, 2.75) is 13.3 Å². The molecular weight excluding hydrogens is 406 g/mol. The number of rotatable bonds is 6. The molecule has 0 bridgehead atoms. The Morgan fingerprint density at radius 2 is 2.27 bits per heavy atom. The molecule has 2 amide bonds. The number of urea groups is 1. The van der Waals surface area contributed by atoms with E-state index in [-0.39, 0.29) is 11.6 Å². The number of nitrogens with one attached hydrogen (secondary N) is 2. The summed E-state index contributed by atoms with van der Waals surface area (Å²) >= 11 is 1.27. The molecule has 1 atom stereocenters. The Hall–Kier alpha value is -2.98. The summed E-state index contributed by atoms with van der Waals surface area (Å²) in [6.45, 7) is 4.26. The normalized spacial score (nSPS) is 16.0. The van der Waals surface area contributed by atoms with Gasteiger partial charge in [0.1, 0.15) is 10.3 Å². The van der Waals surface area contributed by atoms with E-state index < -0.39 is 0 Å². The predicted octanol–water partition coefficient (Wildman–Crippen LogP) is 2.61. The Bertz CT molecular complexity index is 1120. The molecule has 4 heterocycles. The number of ether oxygens (including phenoxy) is 2. The molecule has 2 N–H and O–H groups in total. The van der Waals surface area contributed by atoms with E-state index in [1.54, 1.807) is 19.3 Å². The number of hydrogen-bond acceptors (Lipinski definition) is 7. The SMILES string of the molecule is CCNC(=O)Nc1nc2cc(-c3ccn(C)c(=O)c3)c(OCC3CCOC3)nc2s1. The molecule has 1 saturated heterocycles. The summed E-state index contributed by atoms with van der Waals surface area (Å²) < 4.78 is 13.0. The Balaban J connectivity index is 1.71. The zero-order valence-electron chi connectivity index (χ0n) is 16.8. The fourth-order valence-electron chi connectivity index (χ4n) is 3.15. The van der Waals surface area contributed by atoms with Crippen LogP contribution in [0, 0.1) is 5.92 Å². The summed E-state index contributed by atoms with van der Waals surface area (Å²) in [6, 6.07) is 4.92. The summed E-state index contributed by atoms with van der Waals surface area (Å²) in [5.41, 5.74) is 1.89. The van der Waals surface area contributed by atoms with E-state index in [9.17, 15) is 9.59 Å². The molecule has 10 heteroatoms. The second-order valence-corrected chi connectivity index (χ2v) is 8.05. The van der Waals surface area contributed by atoms with Crippen molar-refractivity contribution in [1.29, 1.82) is 0 Å². The van der Waals surface area contributed by atoms with Gasteiger partial charge in [-0.25, -0.2) is 14.8 Å². The van der Waals surface area contributed by atoms with Gasteiger partial charge in [-0.3, -0.25) is 10.1 Å². The number of thiazole rings is 1. The largest absolute Gasteiger partial charge is 0.477 e. The van der Waals surface area contributed by atoms with Crippen LogP contribution in [0.25, 0.3) is 21.5 Å². The molecule has 0 aliphatic carbocycles. The maximum absolute atomic E-state index is 12.2. The number of anilines is 1. The van der Waals surface area contributed by atoms with Crippen molar-refractivity contribution in [1.82, 2.24) is 19.9 Å². The lowest BCUT2D eigenvalue weighted by Crippen LogP contribution is -2.28. The van der Waals surface area contributed by atoms with Gasteiger partial charge in [-0.15, -0.1) is 0 Å². The third-order valence-electron chi connectivity index (χ3n) is 4.80. The van der Waals surface area contributed by atoms with Crippen LogP contribution < -0.4 is 20.9 Å². The number of amides is 2. The summed E-state index contributed by atoms with van der Waals surface area (Å²) in [7, 11) is 1.70. The highest BCUT2D eigenvalue weighted by Crippen LogP contribution is 2.34. The highest BCUT2D eigenvalue weighted by Gasteiger charge is 2.20. The average Bonchev–Trinajstić information content (AvgIpc) is 3.36. The number of fused-ring (bicyclic) bond motifs is 1. The number of nitrogens with zero attached hydrogens (tertiary/aromatic N) is 3. The molecule has 0 saturated carbocycles. The van der Waals surface area contributed by atoms with Gasteiger partial charge >= 0.3 is 6.03 Å². The van der Waals surface area contributed by atoms with Crippen LogP contribution >= 0.6 is 11.3 Å². The minimum Gasteiger partial charge on any atom is -0.477 e. The van der Waals surface area contributed by atoms with Gasteiger partial charge in [0.2, 0.25) is 5.88 Å². The number of carbonyl (C=O) groups is 1. The highest BCUT2D eigenvalue weighted by atomic mass is 32.1. The molecule has 9 nitrogen and oxygen atoms in total. The van der Waals surface area contributed by atoms with Crippen LogP contribution in [0.15, 0.2) is 29.2 Å². The first-order valence-electron chi connectivity index (χ1n) is 9.77.